The third-order valence-corrected chi connectivity index (χ3v) is 6.47. The first-order valence-electron chi connectivity index (χ1n) is 8.00. The summed E-state index contributed by atoms with van der Waals surface area (Å²) in [6, 6.07) is 12.1. The van der Waals surface area contributed by atoms with Crippen LogP contribution in [0, 0.1) is 0 Å². The number of amides is 1. The highest BCUT2D eigenvalue weighted by Gasteiger charge is 2.29. The van der Waals surface area contributed by atoms with Gasteiger partial charge in [0.2, 0.25) is 0 Å². The number of carbonyl (C=O) groups excluding carboxylic acids is 1. The van der Waals surface area contributed by atoms with E-state index in [0.29, 0.717) is 13.2 Å². The van der Waals surface area contributed by atoms with Crippen LogP contribution in [0.15, 0.2) is 36.4 Å². The molecule has 1 aromatic carbocycles. The van der Waals surface area contributed by atoms with E-state index in [1.807, 2.05) is 49.1 Å². The number of thiazole rings is 1. The van der Waals surface area contributed by atoms with E-state index in [1.54, 1.807) is 11.3 Å². The largest absolute Gasteiger partial charge is 0.375 e. The molecule has 3 aromatic rings. The lowest BCUT2D eigenvalue weighted by Crippen LogP contribution is -2.50. The molecule has 4 nitrogen and oxygen atoms in total. The molecule has 2 aromatic heterocycles. The fourth-order valence-electron chi connectivity index (χ4n) is 2.87. The molecule has 4 rings (SSSR count). The molecule has 124 valence electrons. The average molecular weight is 358 g/mol. The van der Waals surface area contributed by atoms with Crippen LogP contribution in [0.4, 0.5) is 0 Å². The van der Waals surface area contributed by atoms with Crippen LogP contribution in [0.1, 0.15) is 23.5 Å². The maximum absolute atomic E-state index is 12.8. The van der Waals surface area contributed by atoms with Crippen LogP contribution in [-0.2, 0) is 4.74 Å². The average Bonchev–Trinajstić information content (AvgIpc) is 3.22. The van der Waals surface area contributed by atoms with Crippen molar-refractivity contribution in [3.05, 3.63) is 41.3 Å². The highest BCUT2D eigenvalue weighted by atomic mass is 32.1. The Morgan fingerprint density at radius 2 is 2.04 bits per heavy atom. The van der Waals surface area contributed by atoms with E-state index in [0.717, 1.165) is 20.3 Å². The van der Waals surface area contributed by atoms with Gasteiger partial charge in [0, 0.05) is 6.54 Å². The molecular weight excluding hydrogens is 340 g/mol. The van der Waals surface area contributed by atoms with Gasteiger partial charge in [-0.05, 0) is 38.1 Å². The van der Waals surface area contributed by atoms with Crippen LogP contribution >= 0.6 is 22.7 Å². The Kier molecular flexibility index (Phi) is 4.12. The van der Waals surface area contributed by atoms with E-state index >= 15 is 0 Å². The Morgan fingerprint density at radius 1 is 1.21 bits per heavy atom. The number of morpholine rings is 1. The van der Waals surface area contributed by atoms with E-state index in [4.69, 9.17) is 4.74 Å². The number of nitrogens with zero attached hydrogens (tertiary/aromatic N) is 2. The third kappa shape index (κ3) is 2.85. The topological polar surface area (TPSA) is 42.4 Å². The van der Waals surface area contributed by atoms with Gasteiger partial charge in [-0.25, -0.2) is 4.98 Å². The Labute approximate surface area is 148 Å². The predicted octanol–water partition coefficient (Wildman–Crippen LogP) is 4.27. The van der Waals surface area contributed by atoms with Gasteiger partial charge in [-0.15, -0.1) is 22.7 Å². The van der Waals surface area contributed by atoms with E-state index < -0.39 is 0 Å². The predicted molar refractivity (Wildman–Crippen MR) is 98.8 cm³/mol. The van der Waals surface area contributed by atoms with Crippen molar-refractivity contribution in [1.82, 2.24) is 9.88 Å². The molecule has 1 saturated heterocycles. The Bertz CT molecular complexity index is 853. The second-order valence-corrected chi connectivity index (χ2v) is 8.22. The number of carbonyl (C=O) groups is 1. The molecule has 0 bridgehead atoms. The van der Waals surface area contributed by atoms with Gasteiger partial charge in [0.25, 0.3) is 5.91 Å². The van der Waals surface area contributed by atoms with Crippen LogP contribution in [-0.4, -0.2) is 41.1 Å². The van der Waals surface area contributed by atoms with Crippen LogP contribution < -0.4 is 0 Å². The number of fused-ring (bicyclic) bond motifs is 1. The Morgan fingerprint density at radius 3 is 2.88 bits per heavy atom. The molecule has 0 aliphatic carbocycles. The first-order chi connectivity index (χ1) is 11.6. The maximum Gasteiger partial charge on any atom is 0.264 e. The monoisotopic (exact) mass is 358 g/mol. The zero-order valence-electron chi connectivity index (χ0n) is 13.6. The first-order valence-corrected chi connectivity index (χ1v) is 9.63. The quantitative estimate of drug-likeness (QED) is 0.687. The van der Waals surface area contributed by atoms with Gasteiger partial charge < -0.3 is 9.64 Å². The number of hydrogen-bond donors (Lipinski definition) is 0. The molecule has 2 atom stereocenters. The Balaban J connectivity index is 1.61. The minimum absolute atomic E-state index is 0.0915. The fraction of sp³-hybridized carbons (Fsp3) is 0.333. The molecule has 0 N–H and O–H groups in total. The zero-order chi connectivity index (χ0) is 16.7. The maximum atomic E-state index is 12.8. The second-order valence-electron chi connectivity index (χ2n) is 6.10. The molecule has 0 radical (unpaired) electrons. The number of ether oxygens (including phenoxy) is 1. The SMILES string of the molecule is CC1CN(C(=O)c2ccc(-c3nc4ccccc4s3)s2)C(C)CO1. The van der Waals surface area contributed by atoms with E-state index in [9.17, 15) is 4.79 Å². The summed E-state index contributed by atoms with van der Waals surface area (Å²) in [5.41, 5.74) is 1.01. The van der Waals surface area contributed by atoms with Crippen LogP contribution in [0.25, 0.3) is 20.1 Å². The third-order valence-electron chi connectivity index (χ3n) is 4.19. The molecule has 6 heteroatoms. The van der Waals surface area contributed by atoms with E-state index in [-0.39, 0.29) is 18.1 Å². The van der Waals surface area contributed by atoms with Crippen molar-refractivity contribution in [3.8, 4) is 9.88 Å². The molecule has 3 heterocycles. The van der Waals surface area contributed by atoms with Crippen molar-refractivity contribution >= 4 is 38.8 Å². The lowest BCUT2D eigenvalue weighted by atomic mass is 10.2. The summed E-state index contributed by atoms with van der Waals surface area (Å²) >= 11 is 3.19. The summed E-state index contributed by atoms with van der Waals surface area (Å²) < 4.78 is 6.79. The number of para-hydroxylation sites is 1. The van der Waals surface area contributed by atoms with Crippen molar-refractivity contribution in [2.45, 2.75) is 26.0 Å². The standard InChI is InChI=1S/C18H18N2O2S2/c1-11-10-22-12(2)9-20(11)18(21)16-8-7-15(23-16)17-19-13-5-3-4-6-14(13)24-17/h3-8,11-12H,9-10H2,1-2H3. The number of hydrogen-bond acceptors (Lipinski definition) is 5. The van der Waals surface area contributed by atoms with Crippen molar-refractivity contribution in [2.24, 2.45) is 0 Å². The zero-order valence-corrected chi connectivity index (χ0v) is 15.2. The van der Waals surface area contributed by atoms with Gasteiger partial charge in [-0.3, -0.25) is 4.79 Å². The minimum Gasteiger partial charge on any atom is -0.375 e. The molecule has 2 unspecified atom stereocenters. The van der Waals surface area contributed by atoms with Crippen LogP contribution in [0.2, 0.25) is 0 Å². The van der Waals surface area contributed by atoms with Crippen molar-refractivity contribution in [3.63, 3.8) is 0 Å². The summed E-state index contributed by atoms with van der Waals surface area (Å²) in [4.78, 5) is 21.3. The molecule has 24 heavy (non-hydrogen) atoms. The summed E-state index contributed by atoms with van der Waals surface area (Å²) in [5, 5.41) is 0.976. The molecule has 1 aliphatic rings. The number of rotatable bonds is 2. The number of thiophene rings is 1. The lowest BCUT2D eigenvalue weighted by molar-refractivity contribution is -0.0385. The van der Waals surface area contributed by atoms with Gasteiger partial charge in [-0.1, -0.05) is 12.1 Å². The number of aromatic nitrogens is 1. The van der Waals surface area contributed by atoms with Crippen LogP contribution in [0.3, 0.4) is 0 Å². The normalized spacial score (nSPS) is 21.3. The summed E-state index contributed by atoms with van der Waals surface area (Å²) in [7, 11) is 0. The van der Waals surface area contributed by atoms with Gasteiger partial charge in [0.05, 0.1) is 38.7 Å². The molecule has 1 fully saturated rings. The minimum atomic E-state index is 0.0915. The summed E-state index contributed by atoms with van der Waals surface area (Å²) in [6.07, 6.45) is 0.0915. The summed E-state index contributed by atoms with van der Waals surface area (Å²) in [6.45, 7) is 5.29. The molecule has 0 spiro atoms. The lowest BCUT2D eigenvalue weighted by Gasteiger charge is -2.36. The van der Waals surface area contributed by atoms with Crippen molar-refractivity contribution < 1.29 is 9.53 Å². The molecule has 1 aliphatic heterocycles. The highest BCUT2D eigenvalue weighted by Crippen LogP contribution is 2.35. The van der Waals surface area contributed by atoms with Gasteiger partial charge >= 0.3 is 0 Å². The molecule has 0 saturated carbocycles. The van der Waals surface area contributed by atoms with E-state index in [1.165, 1.54) is 16.0 Å². The second kappa shape index (κ2) is 6.27. The smallest absolute Gasteiger partial charge is 0.264 e. The fourth-order valence-corrected chi connectivity index (χ4v) is 4.86. The Hall–Kier alpha value is -1.76. The highest BCUT2D eigenvalue weighted by molar-refractivity contribution is 7.26. The van der Waals surface area contributed by atoms with E-state index in [2.05, 4.69) is 11.1 Å². The van der Waals surface area contributed by atoms with Gasteiger partial charge in [0.1, 0.15) is 5.01 Å². The number of benzene rings is 1. The molecular formula is C18H18N2O2S2. The van der Waals surface area contributed by atoms with Gasteiger partial charge in [-0.2, -0.15) is 0 Å². The van der Waals surface area contributed by atoms with Crippen molar-refractivity contribution in [2.75, 3.05) is 13.2 Å². The van der Waals surface area contributed by atoms with Crippen LogP contribution in [0.5, 0.6) is 0 Å². The summed E-state index contributed by atoms with van der Waals surface area (Å²) in [5.74, 6) is 0.0926. The van der Waals surface area contributed by atoms with Crippen molar-refractivity contribution in [1.29, 1.82) is 0 Å². The molecule has 1 amide bonds. The van der Waals surface area contributed by atoms with Gasteiger partial charge in [0.15, 0.2) is 0 Å². The first kappa shape index (κ1) is 15.7.